The largest absolute Gasteiger partial charge is 0.309 e. The average molecular weight is 424 g/mol. The van der Waals surface area contributed by atoms with Gasteiger partial charge in [-0.25, -0.2) is 4.98 Å². The summed E-state index contributed by atoms with van der Waals surface area (Å²) in [5, 5.41) is 5.03. The van der Waals surface area contributed by atoms with E-state index < -0.39 is 0 Å². The maximum Gasteiger partial charge on any atom is 0.137 e. The van der Waals surface area contributed by atoms with E-state index in [2.05, 4.69) is 112 Å². The summed E-state index contributed by atoms with van der Waals surface area (Å²) in [5.41, 5.74) is 6.98. The summed E-state index contributed by atoms with van der Waals surface area (Å²) in [5.74, 6) is 0.947. The molecule has 3 heterocycles. The summed E-state index contributed by atoms with van der Waals surface area (Å²) in [4.78, 5) is 4.88. The van der Waals surface area contributed by atoms with E-state index in [0.717, 1.165) is 11.5 Å². The molecule has 3 heteroatoms. The number of para-hydroxylation sites is 3. The molecule has 33 heavy (non-hydrogen) atoms. The minimum atomic E-state index is 0.947. The smallest absolute Gasteiger partial charge is 0.137 e. The Bertz CT molecular complexity index is 1820. The molecule has 0 radical (unpaired) electrons. The fraction of sp³-hybridized carbons (Fsp3) is 0.0333. The van der Waals surface area contributed by atoms with E-state index >= 15 is 0 Å². The van der Waals surface area contributed by atoms with Crippen molar-refractivity contribution < 1.29 is 0 Å². The topological polar surface area (TPSA) is 22.8 Å². The van der Waals surface area contributed by atoms with Crippen molar-refractivity contribution in [2.24, 2.45) is 0 Å². The van der Waals surface area contributed by atoms with Gasteiger partial charge >= 0.3 is 0 Å². The zero-order valence-corrected chi connectivity index (χ0v) is 18.2. The van der Waals surface area contributed by atoms with E-state index in [4.69, 9.17) is 4.98 Å². The summed E-state index contributed by atoms with van der Waals surface area (Å²) < 4.78 is 4.71. The van der Waals surface area contributed by atoms with Crippen molar-refractivity contribution in [1.29, 1.82) is 0 Å². The second-order valence-electron chi connectivity index (χ2n) is 8.53. The first kappa shape index (κ1) is 18.2. The van der Waals surface area contributed by atoms with Crippen molar-refractivity contribution in [3.63, 3.8) is 0 Å². The molecule has 0 spiro atoms. The SMILES string of the molecule is Cc1cccc(-n2c3ccccc3c3c2ccc2c4ccccc4n(-c4ccccc4)c23)n1. The van der Waals surface area contributed by atoms with E-state index in [1.807, 2.05) is 13.0 Å². The fourth-order valence-corrected chi connectivity index (χ4v) is 5.25. The Labute approximate surface area is 191 Å². The van der Waals surface area contributed by atoms with E-state index in [0.29, 0.717) is 0 Å². The van der Waals surface area contributed by atoms with Gasteiger partial charge in [-0.3, -0.25) is 4.57 Å². The standard InChI is InChI=1S/C30H21N3/c1-20-10-9-17-28(31-20)33-26-16-8-6-14-24(26)29-27(33)19-18-23-22-13-5-7-15-25(22)32(30(23)29)21-11-3-2-4-12-21/h2-19H,1H3. The van der Waals surface area contributed by atoms with Crippen LogP contribution in [-0.2, 0) is 0 Å². The van der Waals surface area contributed by atoms with Gasteiger partial charge in [0, 0.05) is 32.9 Å². The van der Waals surface area contributed by atoms with Gasteiger partial charge in [-0.1, -0.05) is 66.7 Å². The van der Waals surface area contributed by atoms with Gasteiger partial charge < -0.3 is 4.57 Å². The number of benzene rings is 4. The summed E-state index contributed by atoms with van der Waals surface area (Å²) in [6, 6.07) is 38.8. The molecule has 0 fully saturated rings. The van der Waals surface area contributed by atoms with E-state index in [1.165, 1.54) is 49.3 Å². The van der Waals surface area contributed by atoms with Crippen LogP contribution in [0.15, 0.2) is 109 Å². The van der Waals surface area contributed by atoms with E-state index in [9.17, 15) is 0 Å². The highest BCUT2D eigenvalue weighted by molar-refractivity contribution is 6.26. The molecule has 3 nitrogen and oxygen atoms in total. The van der Waals surface area contributed by atoms with Crippen LogP contribution < -0.4 is 0 Å². The van der Waals surface area contributed by atoms with Crippen LogP contribution in [0.5, 0.6) is 0 Å². The lowest BCUT2D eigenvalue weighted by molar-refractivity contribution is 1.05. The number of aromatic nitrogens is 3. The first-order valence-corrected chi connectivity index (χ1v) is 11.3. The molecule has 4 aromatic carbocycles. The van der Waals surface area contributed by atoms with Crippen LogP contribution >= 0.6 is 0 Å². The Balaban J connectivity index is 1.76. The first-order valence-electron chi connectivity index (χ1n) is 11.3. The molecule has 7 rings (SSSR count). The Morgan fingerprint density at radius 3 is 2.00 bits per heavy atom. The van der Waals surface area contributed by atoms with Crippen LogP contribution in [0.1, 0.15) is 5.69 Å². The summed E-state index contributed by atoms with van der Waals surface area (Å²) in [7, 11) is 0. The highest BCUT2D eigenvalue weighted by Gasteiger charge is 2.20. The van der Waals surface area contributed by atoms with E-state index in [-0.39, 0.29) is 0 Å². The lowest BCUT2D eigenvalue weighted by atomic mass is 10.1. The van der Waals surface area contributed by atoms with Crippen molar-refractivity contribution in [3.05, 3.63) is 115 Å². The van der Waals surface area contributed by atoms with Crippen LogP contribution in [0.2, 0.25) is 0 Å². The zero-order chi connectivity index (χ0) is 21.9. The normalized spacial score (nSPS) is 11.8. The van der Waals surface area contributed by atoms with Crippen LogP contribution in [-0.4, -0.2) is 14.1 Å². The van der Waals surface area contributed by atoms with Gasteiger partial charge in [-0.2, -0.15) is 0 Å². The van der Waals surface area contributed by atoms with Crippen LogP contribution in [0.25, 0.3) is 55.1 Å². The van der Waals surface area contributed by atoms with Gasteiger partial charge in [0.25, 0.3) is 0 Å². The van der Waals surface area contributed by atoms with Gasteiger partial charge in [-0.05, 0) is 49.4 Å². The number of hydrogen-bond acceptors (Lipinski definition) is 1. The molecule has 3 aromatic heterocycles. The lowest BCUT2D eigenvalue weighted by Crippen LogP contribution is -1.98. The second-order valence-corrected chi connectivity index (χ2v) is 8.53. The predicted octanol–water partition coefficient (Wildman–Crippen LogP) is 7.58. The molecule has 0 N–H and O–H groups in total. The monoisotopic (exact) mass is 423 g/mol. The minimum Gasteiger partial charge on any atom is -0.309 e. The molecule has 0 aliphatic carbocycles. The number of fused-ring (bicyclic) bond motifs is 7. The van der Waals surface area contributed by atoms with Crippen molar-refractivity contribution in [1.82, 2.24) is 14.1 Å². The molecule has 156 valence electrons. The number of hydrogen-bond donors (Lipinski definition) is 0. The van der Waals surface area contributed by atoms with Gasteiger partial charge in [0.1, 0.15) is 5.82 Å². The molecule has 0 saturated carbocycles. The number of pyridine rings is 1. The maximum atomic E-state index is 4.88. The third-order valence-electron chi connectivity index (χ3n) is 6.59. The van der Waals surface area contributed by atoms with Crippen LogP contribution in [0.4, 0.5) is 0 Å². The molecule has 0 amide bonds. The summed E-state index contributed by atoms with van der Waals surface area (Å²) >= 11 is 0. The molecular formula is C30H21N3. The van der Waals surface area contributed by atoms with Gasteiger partial charge in [0.15, 0.2) is 0 Å². The highest BCUT2D eigenvalue weighted by Crippen LogP contribution is 2.41. The zero-order valence-electron chi connectivity index (χ0n) is 18.2. The van der Waals surface area contributed by atoms with Crippen LogP contribution in [0.3, 0.4) is 0 Å². The quantitative estimate of drug-likeness (QED) is 0.281. The van der Waals surface area contributed by atoms with Crippen molar-refractivity contribution in [3.8, 4) is 11.5 Å². The van der Waals surface area contributed by atoms with Gasteiger partial charge in [-0.15, -0.1) is 0 Å². The fourth-order valence-electron chi connectivity index (χ4n) is 5.25. The molecule has 0 aliphatic heterocycles. The summed E-state index contributed by atoms with van der Waals surface area (Å²) in [6.45, 7) is 2.04. The highest BCUT2D eigenvalue weighted by atomic mass is 15.1. The molecular weight excluding hydrogens is 402 g/mol. The molecule has 0 atom stereocenters. The first-order chi connectivity index (χ1) is 16.3. The third-order valence-corrected chi connectivity index (χ3v) is 6.59. The average Bonchev–Trinajstić information content (AvgIpc) is 3.37. The Kier molecular flexibility index (Phi) is 3.76. The van der Waals surface area contributed by atoms with Crippen molar-refractivity contribution >= 4 is 43.6 Å². The molecule has 0 unspecified atom stereocenters. The summed E-state index contributed by atoms with van der Waals surface area (Å²) in [6.07, 6.45) is 0. The van der Waals surface area contributed by atoms with E-state index in [1.54, 1.807) is 0 Å². The maximum absolute atomic E-state index is 4.88. The van der Waals surface area contributed by atoms with Crippen molar-refractivity contribution in [2.45, 2.75) is 6.92 Å². The lowest BCUT2D eigenvalue weighted by Gasteiger charge is -2.09. The second kappa shape index (κ2) is 6.81. The number of aryl methyl sites for hydroxylation is 1. The van der Waals surface area contributed by atoms with Gasteiger partial charge in [0.2, 0.25) is 0 Å². The Morgan fingerprint density at radius 2 is 1.21 bits per heavy atom. The Hall–Kier alpha value is -4.37. The van der Waals surface area contributed by atoms with Gasteiger partial charge in [0.05, 0.1) is 22.1 Å². The Morgan fingerprint density at radius 1 is 0.515 bits per heavy atom. The number of rotatable bonds is 2. The third kappa shape index (κ3) is 2.53. The molecule has 0 saturated heterocycles. The van der Waals surface area contributed by atoms with Crippen molar-refractivity contribution in [2.75, 3.05) is 0 Å². The van der Waals surface area contributed by atoms with Crippen LogP contribution in [0, 0.1) is 6.92 Å². The molecule has 7 aromatic rings. The minimum absolute atomic E-state index is 0.947. The molecule has 0 bridgehead atoms. The molecule has 0 aliphatic rings. The predicted molar refractivity (Wildman–Crippen MR) is 138 cm³/mol. The number of nitrogens with zero attached hydrogens (tertiary/aromatic N) is 3.